The maximum atomic E-state index is 9.42. The highest BCUT2D eigenvalue weighted by Crippen LogP contribution is 2.19. The van der Waals surface area contributed by atoms with Gasteiger partial charge in [-0.05, 0) is 6.92 Å². The van der Waals surface area contributed by atoms with E-state index in [1.807, 2.05) is 0 Å². The average Bonchev–Trinajstić information content (AvgIpc) is 2.45. The monoisotopic (exact) mass is 192 g/mol. The summed E-state index contributed by atoms with van der Waals surface area (Å²) >= 11 is 0. The fraction of sp³-hybridized carbons (Fsp3) is 1.00. The van der Waals surface area contributed by atoms with Gasteiger partial charge in [-0.25, -0.2) is 0 Å². The zero-order valence-electron chi connectivity index (χ0n) is 7.59. The topological polar surface area (TPSA) is 79.2 Å². The molecule has 1 aliphatic rings. The van der Waals surface area contributed by atoms with Crippen molar-refractivity contribution in [3.8, 4) is 0 Å². The zero-order valence-corrected chi connectivity index (χ0v) is 7.59. The van der Waals surface area contributed by atoms with Crippen molar-refractivity contribution in [1.29, 1.82) is 0 Å². The van der Waals surface area contributed by atoms with Gasteiger partial charge >= 0.3 is 0 Å². The van der Waals surface area contributed by atoms with Crippen LogP contribution in [0.4, 0.5) is 0 Å². The third-order valence-electron chi connectivity index (χ3n) is 2.12. The van der Waals surface area contributed by atoms with E-state index >= 15 is 0 Å². The Morgan fingerprint density at radius 2 is 2.23 bits per heavy atom. The van der Waals surface area contributed by atoms with Gasteiger partial charge in [-0.2, -0.15) is 0 Å². The number of hydrogen-bond donors (Lipinski definition) is 3. The van der Waals surface area contributed by atoms with Crippen LogP contribution in [-0.2, 0) is 9.47 Å². The molecular formula is C8H16O5. The molecule has 13 heavy (non-hydrogen) atoms. The second kappa shape index (κ2) is 4.88. The van der Waals surface area contributed by atoms with Crippen LogP contribution in [0.1, 0.15) is 6.92 Å². The molecule has 0 amide bonds. The third kappa shape index (κ3) is 2.38. The molecule has 1 heterocycles. The van der Waals surface area contributed by atoms with E-state index in [2.05, 4.69) is 0 Å². The van der Waals surface area contributed by atoms with E-state index in [0.29, 0.717) is 6.61 Å². The summed E-state index contributed by atoms with van der Waals surface area (Å²) in [6.07, 6.45) is -3.03. The quantitative estimate of drug-likeness (QED) is 0.505. The van der Waals surface area contributed by atoms with Crippen LogP contribution >= 0.6 is 0 Å². The van der Waals surface area contributed by atoms with Crippen LogP contribution in [0, 0.1) is 0 Å². The maximum Gasteiger partial charge on any atom is 0.114 e. The Bertz CT molecular complexity index is 151. The molecule has 1 saturated heterocycles. The lowest BCUT2D eigenvalue weighted by atomic mass is 10.1. The van der Waals surface area contributed by atoms with Gasteiger partial charge in [0.25, 0.3) is 0 Å². The first-order chi connectivity index (χ1) is 6.20. The van der Waals surface area contributed by atoms with E-state index in [1.54, 1.807) is 6.92 Å². The Kier molecular flexibility index (Phi) is 4.08. The third-order valence-corrected chi connectivity index (χ3v) is 2.12. The van der Waals surface area contributed by atoms with Gasteiger partial charge in [-0.1, -0.05) is 0 Å². The van der Waals surface area contributed by atoms with Gasteiger partial charge in [-0.15, -0.1) is 0 Å². The van der Waals surface area contributed by atoms with E-state index in [-0.39, 0.29) is 13.2 Å². The van der Waals surface area contributed by atoms with Crippen molar-refractivity contribution in [2.75, 3.05) is 19.8 Å². The van der Waals surface area contributed by atoms with E-state index in [9.17, 15) is 5.11 Å². The van der Waals surface area contributed by atoms with E-state index < -0.39 is 24.4 Å². The smallest absolute Gasteiger partial charge is 0.114 e. The number of aliphatic hydroxyl groups excluding tert-OH is 3. The molecule has 1 aliphatic heterocycles. The molecule has 0 saturated carbocycles. The minimum atomic E-state index is -0.969. The SMILES string of the molecule is CCO[C@H](CO)[C@H]1OC[C@H](O)[C@H]1O. The lowest BCUT2D eigenvalue weighted by Crippen LogP contribution is -2.42. The molecule has 0 aliphatic carbocycles. The normalized spacial score (nSPS) is 36.5. The highest BCUT2D eigenvalue weighted by molar-refractivity contribution is 4.88. The van der Waals surface area contributed by atoms with Crippen molar-refractivity contribution in [2.45, 2.75) is 31.3 Å². The number of aliphatic hydroxyl groups is 3. The van der Waals surface area contributed by atoms with Crippen molar-refractivity contribution in [3.05, 3.63) is 0 Å². The standard InChI is InChI=1S/C8H16O5/c1-2-12-6(3-9)8-7(11)5(10)4-13-8/h5-11H,2-4H2,1H3/t5-,6+,7+,8+/m0/s1. The van der Waals surface area contributed by atoms with Gasteiger partial charge < -0.3 is 24.8 Å². The molecule has 4 atom stereocenters. The molecule has 3 N–H and O–H groups in total. The predicted octanol–water partition coefficient (Wildman–Crippen LogP) is -1.50. The van der Waals surface area contributed by atoms with Gasteiger partial charge in [0.2, 0.25) is 0 Å². The lowest BCUT2D eigenvalue weighted by Gasteiger charge is -2.23. The van der Waals surface area contributed by atoms with Crippen LogP contribution in [0.3, 0.4) is 0 Å². The highest BCUT2D eigenvalue weighted by Gasteiger charge is 2.39. The van der Waals surface area contributed by atoms with Crippen LogP contribution in [0.25, 0.3) is 0 Å². The summed E-state index contributed by atoms with van der Waals surface area (Å²) in [4.78, 5) is 0. The second-order valence-electron chi connectivity index (χ2n) is 3.03. The first-order valence-corrected chi connectivity index (χ1v) is 4.40. The number of hydrogen-bond acceptors (Lipinski definition) is 5. The molecule has 5 heteroatoms. The fourth-order valence-electron chi connectivity index (χ4n) is 1.42. The molecule has 0 radical (unpaired) electrons. The summed E-state index contributed by atoms with van der Waals surface area (Å²) in [6.45, 7) is 2.10. The summed E-state index contributed by atoms with van der Waals surface area (Å²) in [6, 6.07) is 0. The van der Waals surface area contributed by atoms with Crippen molar-refractivity contribution in [3.63, 3.8) is 0 Å². The van der Waals surface area contributed by atoms with Gasteiger partial charge in [0, 0.05) is 6.61 Å². The van der Waals surface area contributed by atoms with Crippen molar-refractivity contribution < 1.29 is 24.8 Å². The summed E-state index contributed by atoms with van der Waals surface area (Å²) in [5, 5.41) is 27.5. The van der Waals surface area contributed by atoms with E-state index in [1.165, 1.54) is 0 Å². The number of rotatable bonds is 4. The minimum absolute atomic E-state index is 0.0927. The molecule has 0 aromatic carbocycles. The van der Waals surface area contributed by atoms with Crippen molar-refractivity contribution in [1.82, 2.24) is 0 Å². The van der Waals surface area contributed by atoms with Gasteiger partial charge in [0.05, 0.1) is 13.2 Å². The molecule has 1 fully saturated rings. The maximum absolute atomic E-state index is 9.42. The van der Waals surface area contributed by atoms with E-state index in [4.69, 9.17) is 19.7 Å². The second-order valence-corrected chi connectivity index (χ2v) is 3.03. The Morgan fingerprint density at radius 1 is 1.54 bits per heavy atom. The molecule has 0 aromatic heterocycles. The lowest BCUT2D eigenvalue weighted by molar-refractivity contribution is -0.0976. The number of ether oxygens (including phenoxy) is 2. The Morgan fingerprint density at radius 3 is 2.62 bits per heavy atom. The molecule has 78 valence electrons. The minimum Gasteiger partial charge on any atom is -0.394 e. The van der Waals surface area contributed by atoms with Gasteiger partial charge in [0.1, 0.15) is 24.4 Å². The molecule has 0 spiro atoms. The van der Waals surface area contributed by atoms with Crippen LogP contribution in [-0.4, -0.2) is 59.6 Å². The van der Waals surface area contributed by atoms with Crippen LogP contribution in [0.2, 0.25) is 0 Å². The molecule has 1 rings (SSSR count). The van der Waals surface area contributed by atoms with E-state index in [0.717, 1.165) is 0 Å². The largest absolute Gasteiger partial charge is 0.394 e. The van der Waals surface area contributed by atoms with Gasteiger partial charge in [0.15, 0.2) is 0 Å². The molecule has 0 aromatic rings. The van der Waals surface area contributed by atoms with Crippen LogP contribution in [0.15, 0.2) is 0 Å². The molecule has 0 unspecified atom stereocenters. The Balaban J connectivity index is 2.49. The first-order valence-electron chi connectivity index (χ1n) is 4.40. The van der Waals surface area contributed by atoms with Crippen LogP contribution in [0.5, 0.6) is 0 Å². The van der Waals surface area contributed by atoms with Crippen LogP contribution < -0.4 is 0 Å². The van der Waals surface area contributed by atoms with Crippen molar-refractivity contribution in [2.24, 2.45) is 0 Å². The average molecular weight is 192 g/mol. The highest BCUT2D eigenvalue weighted by atomic mass is 16.6. The Hall–Kier alpha value is -0.200. The summed E-state index contributed by atoms with van der Waals surface area (Å²) in [5.74, 6) is 0. The molecule has 0 bridgehead atoms. The van der Waals surface area contributed by atoms with Crippen molar-refractivity contribution >= 4 is 0 Å². The van der Waals surface area contributed by atoms with Gasteiger partial charge in [-0.3, -0.25) is 0 Å². The summed E-state index contributed by atoms with van der Waals surface area (Å²) in [5.41, 5.74) is 0. The first kappa shape index (κ1) is 10.9. The Labute approximate surface area is 76.9 Å². The summed E-state index contributed by atoms with van der Waals surface area (Å²) < 4.78 is 10.2. The zero-order chi connectivity index (χ0) is 9.84. The summed E-state index contributed by atoms with van der Waals surface area (Å²) in [7, 11) is 0. The predicted molar refractivity (Wildman–Crippen MR) is 44.3 cm³/mol. The molecule has 5 nitrogen and oxygen atoms in total. The molecular weight excluding hydrogens is 176 g/mol. The fourth-order valence-corrected chi connectivity index (χ4v) is 1.42.